The molecule has 0 unspecified atom stereocenters. The zero-order chi connectivity index (χ0) is 7.56. The van der Waals surface area contributed by atoms with Gasteiger partial charge >= 0.3 is 0 Å². The van der Waals surface area contributed by atoms with Crippen LogP contribution in [0.4, 0.5) is 0 Å². The van der Waals surface area contributed by atoms with Crippen molar-refractivity contribution in [2.75, 3.05) is 0 Å². The molecule has 0 heterocycles. The van der Waals surface area contributed by atoms with Crippen LogP contribution in [0, 0.1) is 9.99 Å². The van der Waals surface area contributed by atoms with E-state index in [4.69, 9.17) is 11.6 Å². The van der Waals surface area contributed by atoms with Crippen molar-refractivity contribution in [2.45, 2.75) is 6.92 Å². The Kier molecular flexibility index (Phi) is 2.98. The Bertz CT molecular complexity index is 233. The van der Waals surface area contributed by atoms with E-state index in [1.54, 1.807) is 0 Å². The van der Waals surface area contributed by atoms with Crippen LogP contribution in [0.1, 0.15) is 12.5 Å². The monoisotopic (exact) mass is 265 g/mol. The Morgan fingerprint density at radius 1 is 1.50 bits per heavy atom. The smallest absolute Gasteiger partial charge is 0.0539 e. The van der Waals surface area contributed by atoms with E-state index in [0.717, 1.165) is 8.59 Å². The summed E-state index contributed by atoms with van der Waals surface area (Å²) in [6, 6.07) is 5.98. The lowest BCUT2D eigenvalue weighted by molar-refractivity contribution is 1.41. The van der Waals surface area contributed by atoms with E-state index in [9.17, 15) is 0 Å². The van der Waals surface area contributed by atoms with Crippen LogP contribution in [0.5, 0.6) is 0 Å². The molecule has 0 saturated heterocycles. The van der Waals surface area contributed by atoms with Crippen molar-refractivity contribution >= 4 is 34.2 Å². The summed E-state index contributed by atoms with van der Waals surface area (Å²) in [7, 11) is 0. The van der Waals surface area contributed by atoms with Crippen molar-refractivity contribution in [3.8, 4) is 0 Å². The molecule has 1 aromatic rings. The van der Waals surface area contributed by atoms with Gasteiger partial charge in [0, 0.05) is 3.57 Å². The van der Waals surface area contributed by atoms with Gasteiger partial charge < -0.3 is 0 Å². The zero-order valence-electron chi connectivity index (χ0n) is 5.57. The lowest BCUT2D eigenvalue weighted by Crippen LogP contribution is -1.79. The molecule has 0 atom stereocenters. The maximum Gasteiger partial charge on any atom is 0.0539 e. The largest absolute Gasteiger partial charge is 0.0832 e. The van der Waals surface area contributed by atoms with E-state index in [0.29, 0.717) is 0 Å². The van der Waals surface area contributed by atoms with Crippen LogP contribution in [0.25, 0.3) is 0 Å². The molecule has 0 amide bonds. The summed E-state index contributed by atoms with van der Waals surface area (Å²) >= 11 is 8.04. The van der Waals surface area contributed by atoms with E-state index in [1.165, 1.54) is 5.56 Å². The molecule has 1 radical (unpaired) electrons. The van der Waals surface area contributed by atoms with Crippen molar-refractivity contribution in [3.05, 3.63) is 38.8 Å². The zero-order valence-corrected chi connectivity index (χ0v) is 8.48. The predicted octanol–water partition coefficient (Wildman–Crippen LogP) is 3.52. The molecule has 0 saturated carbocycles. The van der Waals surface area contributed by atoms with Crippen LogP contribution in [-0.4, -0.2) is 0 Å². The van der Waals surface area contributed by atoms with Crippen molar-refractivity contribution < 1.29 is 0 Å². The average Bonchev–Trinajstić information content (AvgIpc) is 1.95. The summed E-state index contributed by atoms with van der Waals surface area (Å²) in [6.07, 6.45) is 2.05. The maximum atomic E-state index is 5.82. The Hall–Kier alpha value is 0.240. The molecule has 1 aromatic carbocycles. The van der Waals surface area contributed by atoms with Crippen molar-refractivity contribution in [1.82, 2.24) is 0 Å². The third-order valence-electron chi connectivity index (χ3n) is 1.28. The summed E-state index contributed by atoms with van der Waals surface area (Å²) in [5.74, 6) is 0. The van der Waals surface area contributed by atoms with Gasteiger partial charge in [0.2, 0.25) is 0 Å². The summed E-state index contributed by atoms with van der Waals surface area (Å²) in [6.45, 7) is 2.01. The molecule has 53 valence electrons. The number of benzene rings is 1. The summed E-state index contributed by atoms with van der Waals surface area (Å²) in [5, 5.41) is 0.825. The minimum atomic E-state index is 0.825. The summed E-state index contributed by atoms with van der Waals surface area (Å²) < 4.78 is 1.11. The molecule has 10 heavy (non-hydrogen) atoms. The SMILES string of the molecule is C[CH]c1ccc(Cl)c(I)c1. The molecule has 0 nitrogen and oxygen atoms in total. The first-order valence-electron chi connectivity index (χ1n) is 2.98. The van der Waals surface area contributed by atoms with E-state index >= 15 is 0 Å². The van der Waals surface area contributed by atoms with Gasteiger partial charge in [-0.3, -0.25) is 0 Å². The standard InChI is InChI=1S/C8H7ClI/c1-2-6-3-4-7(9)8(10)5-6/h2-5H,1H3. The molecule has 0 aliphatic carbocycles. The van der Waals surface area contributed by atoms with Gasteiger partial charge in [-0.2, -0.15) is 0 Å². The molecular formula is C8H7ClI. The molecule has 0 aliphatic heterocycles. The van der Waals surface area contributed by atoms with Gasteiger partial charge in [0.1, 0.15) is 0 Å². The Morgan fingerprint density at radius 2 is 2.20 bits per heavy atom. The normalized spacial score (nSPS) is 9.90. The van der Waals surface area contributed by atoms with Crippen LogP contribution in [0.2, 0.25) is 5.02 Å². The molecule has 0 N–H and O–H groups in total. The number of hydrogen-bond donors (Lipinski definition) is 0. The van der Waals surface area contributed by atoms with Gasteiger partial charge in [0.05, 0.1) is 5.02 Å². The van der Waals surface area contributed by atoms with Crippen LogP contribution in [0.3, 0.4) is 0 Å². The van der Waals surface area contributed by atoms with Crippen LogP contribution in [-0.2, 0) is 0 Å². The second-order valence-corrected chi connectivity index (χ2v) is 3.53. The van der Waals surface area contributed by atoms with Crippen molar-refractivity contribution in [1.29, 1.82) is 0 Å². The van der Waals surface area contributed by atoms with Gasteiger partial charge in [-0.1, -0.05) is 24.6 Å². The van der Waals surface area contributed by atoms with Gasteiger partial charge in [0.15, 0.2) is 0 Å². The number of rotatable bonds is 1. The third kappa shape index (κ3) is 1.86. The van der Waals surface area contributed by atoms with Gasteiger partial charge in [-0.05, 0) is 46.7 Å². The molecule has 0 aromatic heterocycles. The highest BCUT2D eigenvalue weighted by atomic mass is 127. The molecule has 2 heteroatoms. The first-order valence-corrected chi connectivity index (χ1v) is 4.44. The fourth-order valence-electron chi connectivity index (χ4n) is 0.692. The fourth-order valence-corrected chi connectivity index (χ4v) is 1.35. The summed E-state index contributed by atoms with van der Waals surface area (Å²) in [4.78, 5) is 0. The van der Waals surface area contributed by atoms with E-state index in [1.807, 2.05) is 19.1 Å². The Labute approximate surface area is 79.7 Å². The molecule has 0 fully saturated rings. The van der Waals surface area contributed by atoms with Crippen LogP contribution >= 0.6 is 34.2 Å². The van der Waals surface area contributed by atoms with Gasteiger partial charge in [-0.15, -0.1) is 0 Å². The average molecular weight is 266 g/mol. The number of hydrogen-bond acceptors (Lipinski definition) is 0. The Morgan fingerprint density at radius 3 is 2.70 bits per heavy atom. The summed E-state index contributed by atoms with van der Waals surface area (Å²) in [5.41, 5.74) is 1.22. The minimum Gasteiger partial charge on any atom is -0.0832 e. The fraction of sp³-hybridized carbons (Fsp3) is 0.125. The second-order valence-electron chi connectivity index (χ2n) is 1.96. The lowest BCUT2D eigenvalue weighted by Gasteiger charge is -1.97. The Balaban J connectivity index is 3.04. The minimum absolute atomic E-state index is 0.825. The lowest BCUT2D eigenvalue weighted by atomic mass is 10.2. The van der Waals surface area contributed by atoms with Crippen molar-refractivity contribution in [2.24, 2.45) is 0 Å². The topological polar surface area (TPSA) is 0 Å². The van der Waals surface area contributed by atoms with Crippen LogP contribution in [0.15, 0.2) is 18.2 Å². The first kappa shape index (κ1) is 8.34. The highest BCUT2D eigenvalue weighted by molar-refractivity contribution is 14.1. The van der Waals surface area contributed by atoms with E-state index in [-0.39, 0.29) is 0 Å². The molecular weight excluding hydrogens is 258 g/mol. The van der Waals surface area contributed by atoms with Crippen molar-refractivity contribution in [3.63, 3.8) is 0 Å². The highest BCUT2D eigenvalue weighted by Gasteiger charge is 1.95. The highest BCUT2D eigenvalue weighted by Crippen LogP contribution is 2.19. The quantitative estimate of drug-likeness (QED) is 0.682. The van der Waals surface area contributed by atoms with Gasteiger partial charge in [0.25, 0.3) is 0 Å². The maximum absolute atomic E-state index is 5.82. The van der Waals surface area contributed by atoms with Crippen LogP contribution < -0.4 is 0 Å². The predicted molar refractivity (Wildman–Crippen MR) is 53.2 cm³/mol. The van der Waals surface area contributed by atoms with E-state index < -0.39 is 0 Å². The first-order chi connectivity index (χ1) is 4.74. The third-order valence-corrected chi connectivity index (χ3v) is 2.82. The number of halogens is 2. The van der Waals surface area contributed by atoms with E-state index in [2.05, 4.69) is 35.1 Å². The molecule has 0 bridgehead atoms. The molecule has 0 spiro atoms. The molecule has 1 rings (SSSR count). The molecule has 0 aliphatic rings. The van der Waals surface area contributed by atoms with Gasteiger partial charge in [-0.25, -0.2) is 0 Å². The second kappa shape index (κ2) is 3.58.